The molecular weight excluding hydrogens is 1130 g/mol. The number of rotatable bonds is 19. The Labute approximate surface area is 479 Å². The molecule has 0 saturated carbocycles. The van der Waals surface area contributed by atoms with Crippen LogP contribution in [0.2, 0.25) is 5.02 Å². The van der Waals surface area contributed by atoms with Gasteiger partial charge in [0.25, 0.3) is 25.8 Å². The van der Waals surface area contributed by atoms with E-state index in [1.165, 1.54) is 53.0 Å². The fourth-order valence-electron chi connectivity index (χ4n) is 10.6. The van der Waals surface area contributed by atoms with E-state index >= 15 is 4.39 Å². The third kappa shape index (κ3) is 14.8. The maximum atomic E-state index is 15.7. The summed E-state index contributed by atoms with van der Waals surface area (Å²) in [5.41, 5.74) is -1.06. The number of piperazine rings is 2. The molecule has 0 radical (unpaired) electrons. The second kappa shape index (κ2) is 25.2. The molecule has 3 saturated heterocycles. The van der Waals surface area contributed by atoms with Crippen molar-refractivity contribution >= 4 is 83.7 Å². The molecule has 9 rings (SSSR count). The van der Waals surface area contributed by atoms with Gasteiger partial charge < -0.3 is 15.1 Å². The first kappa shape index (κ1) is 59.5. The summed E-state index contributed by atoms with van der Waals surface area (Å²) in [5.74, 6) is -1.86. The average Bonchev–Trinajstić information content (AvgIpc) is 3.60. The van der Waals surface area contributed by atoms with Crippen LogP contribution in [0, 0.1) is 11.2 Å². The fraction of sp³-hybridized carbons (Fsp3) is 0.404. The summed E-state index contributed by atoms with van der Waals surface area (Å²) in [4.78, 5) is 50.3. The van der Waals surface area contributed by atoms with Gasteiger partial charge in [-0.3, -0.25) is 34.6 Å². The SMILES string of the molecule is CC1(C)CCC(c2ccc(Cl)cc2)=C(CN2CCN(c3ccc(C(=O)NS(=O)(=O)c4ccc(N[C@H](CCN5CCN(Cc6cncc(N7CCC(=O)NC7=O)c6F)CC5)CSc5ccccc5)c(S(=O)(=O)C(F)(F)F)c4)cc3)CC2)C1. The summed E-state index contributed by atoms with van der Waals surface area (Å²) in [6, 6.07) is 24.5. The molecule has 3 N–H and O–H groups in total. The molecule has 0 bridgehead atoms. The van der Waals surface area contributed by atoms with E-state index in [1.807, 2.05) is 52.1 Å². The molecule has 24 heteroatoms. The van der Waals surface area contributed by atoms with Crippen molar-refractivity contribution in [3.05, 3.63) is 143 Å². The lowest BCUT2D eigenvalue weighted by Crippen LogP contribution is -2.50. The van der Waals surface area contributed by atoms with Crippen LogP contribution in [0.25, 0.3) is 5.57 Å². The number of allylic oxidation sites excluding steroid dienone is 1. The Kier molecular flexibility index (Phi) is 18.5. The first-order valence-electron chi connectivity index (χ1n) is 26.7. The lowest BCUT2D eigenvalue weighted by atomic mass is 9.73. The number of carbonyl (C=O) groups excluding carboxylic acids is 3. The van der Waals surface area contributed by atoms with Crippen LogP contribution in [0.4, 0.5) is 39.4 Å². The highest BCUT2D eigenvalue weighted by atomic mass is 35.5. The number of pyridine rings is 1. The van der Waals surface area contributed by atoms with Crippen LogP contribution in [0.3, 0.4) is 0 Å². The van der Waals surface area contributed by atoms with Crippen LogP contribution in [-0.2, 0) is 31.2 Å². The summed E-state index contributed by atoms with van der Waals surface area (Å²) in [5, 5.41) is 5.89. The highest BCUT2D eigenvalue weighted by molar-refractivity contribution is 7.99. The average molecular weight is 1190 g/mol. The van der Waals surface area contributed by atoms with Crippen LogP contribution < -0.4 is 25.2 Å². The number of benzene rings is 4. The van der Waals surface area contributed by atoms with E-state index in [0.29, 0.717) is 63.3 Å². The minimum absolute atomic E-state index is 0.0148. The summed E-state index contributed by atoms with van der Waals surface area (Å²) >= 11 is 7.60. The smallest absolute Gasteiger partial charge is 0.380 e. The van der Waals surface area contributed by atoms with E-state index in [-0.39, 0.29) is 47.5 Å². The van der Waals surface area contributed by atoms with E-state index in [2.05, 4.69) is 56.3 Å². The van der Waals surface area contributed by atoms with Gasteiger partial charge in [0, 0.05) is 130 Å². The number of nitrogens with one attached hydrogen (secondary N) is 3. The van der Waals surface area contributed by atoms with Crippen molar-refractivity contribution < 1.29 is 48.8 Å². The third-order valence-electron chi connectivity index (χ3n) is 15.2. The summed E-state index contributed by atoms with van der Waals surface area (Å²) in [7, 11) is -11.1. The Balaban J connectivity index is 0.837. The fourth-order valence-corrected chi connectivity index (χ4v) is 13.8. The molecule has 0 spiro atoms. The number of hydrogen-bond donors (Lipinski definition) is 3. The Morgan fingerprint density at radius 3 is 2.16 bits per heavy atom. The number of hydrogen-bond acceptors (Lipinski definition) is 14. The van der Waals surface area contributed by atoms with Gasteiger partial charge in [-0.2, -0.15) is 13.2 Å². The number of nitrogens with zero attached hydrogens (tertiary/aromatic N) is 6. The van der Waals surface area contributed by atoms with Crippen molar-refractivity contribution in [2.45, 2.75) is 78.7 Å². The van der Waals surface area contributed by atoms with Crippen molar-refractivity contribution in [2.75, 3.05) is 92.9 Å². The second-order valence-electron chi connectivity index (χ2n) is 21.5. The molecule has 1 atom stereocenters. The maximum absolute atomic E-state index is 15.7. The molecular formula is C57H64ClF4N9O7S3. The van der Waals surface area contributed by atoms with Gasteiger partial charge in [-0.25, -0.2) is 30.7 Å². The number of imide groups is 1. The first-order chi connectivity index (χ1) is 38.5. The van der Waals surface area contributed by atoms with Crippen LogP contribution in [0.1, 0.15) is 67.4 Å². The molecule has 432 valence electrons. The van der Waals surface area contributed by atoms with Gasteiger partial charge in [-0.05, 0) is 109 Å². The van der Waals surface area contributed by atoms with Crippen LogP contribution in [0.15, 0.2) is 130 Å². The lowest BCUT2D eigenvalue weighted by Gasteiger charge is -2.39. The van der Waals surface area contributed by atoms with Crippen molar-refractivity contribution in [3.8, 4) is 0 Å². The Morgan fingerprint density at radius 1 is 0.815 bits per heavy atom. The zero-order chi connectivity index (χ0) is 57.7. The molecule has 1 aromatic heterocycles. The number of aromatic nitrogens is 1. The molecule has 1 aliphatic carbocycles. The van der Waals surface area contributed by atoms with Crippen molar-refractivity contribution in [3.63, 3.8) is 0 Å². The van der Waals surface area contributed by atoms with Gasteiger partial charge in [0.15, 0.2) is 5.82 Å². The number of halogens is 5. The molecule has 4 aliphatic rings. The highest BCUT2D eigenvalue weighted by Crippen LogP contribution is 2.43. The number of carbonyl (C=O) groups is 3. The normalized spacial score (nSPS) is 18.4. The topological polar surface area (TPSA) is 185 Å². The number of alkyl halides is 3. The van der Waals surface area contributed by atoms with Crippen molar-refractivity contribution in [1.82, 2.24) is 29.7 Å². The van der Waals surface area contributed by atoms with E-state index < -0.39 is 70.6 Å². The Bertz CT molecular complexity index is 3360. The second-order valence-corrected chi connectivity index (χ2v) is 26.7. The summed E-state index contributed by atoms with van der Waals surface area (Å²) in [6.45, 7) is 11.2. The number of urea groups is 1. The van der Waals surface area contributed by atoms with Gasteiger partial charge in [-0.1, -0.05) is 61.4 Å². The van der Waals surface area contributed by atoms with Gasteiger partial charge in [0.05, 0.1) is 22.5 Å². The molecule has 81 heavy (non-hydrogen) atoms. The van der Waals surface area contributed by atoms with Crippen molar-refractivity contribution in [1.29, 1.82) is 0 Å². The monoisotopic (exact) mass is 1190 g/mol. The highest BCUT2D eigenvalue weighted by Gasteiger charge is 2.48. The predicted molar refractivity (Wildman–Crippen MR) is 306 cm³/mol. The van der Waals surface area contributed by atoms with E-state index in [4.69, 9.17) is 11.6 Å². The number of anilines is 3. The first-order valence-corrected chi connectivity index (χ1v) is 31.0. The Morgan fingerprint density at radius 2 is 1.48 bits per heavy atom. The van der Waals surface area contributed by atoms with Crippen LogP contribution in [-0.4, -0.2) is 144 Å². The van der Waals surface area contributed by atoms with Gasteiger partial charge >= 0.3 is 11.5 Å². The van der Waals surface area contributed by atoms with Crippen LogP contribution in [0.5, 0.6) is 0 Å². The number of sulfone groups is 1. The van der Waals surface area contributed by atoms with Gasteiger partial charge in [0.2, 0.25) is 5.91 Å². The Hall–Kier alpha value is -6.08. The summed E-state index contributed by atoms with van der Waals surface area (Å²) < 4.78 is 115. The number of amides is 4. The van der Waals surface area contributed by atoms with Crippen molar-refractivity contribution in [2.24, 2.45) is 5.41 Å². The third-order valence-corrected chi connectivity index (χ3v) is 19.5. The van der Waals surface area contributed by atoms with E-state index in [9.17, 15) is 44.4 Å². The van der Waals surface area contributed by atoms with E-state index in [0.717, 1.165) is 66.5 Å². The summed E-state index contributed by atoms with van der Waals surface area (Å²) in [6.07, 6.45) is 6.07. The van der Waals surface area contributed by atoms with Gasteiger partial charge in [0.1, 0.15) is 4.90 Å². The maximum Gasteiger partial charge on any atom is 0.501 e. The molecule has 16 nitrogen and oxygen atoms in total. The van der Waals surface area contributed by atoms with Gasteiger partial charge in [-0.15, -0.1) is 11.8 Å². The molecule has 3 fully saturated rings. The van der Waals surface area contributed by atoms with Crippen LogP contribution >= 0.6 is 23.4 Å². The minimum Gasteiger partial charge on any atom is -0.380 e. The molecule has 4 aromatic carbocycles. The quantitative estimate of drug-likeness (QED) is 0.0525. The lowest BCUT2D eigenvalue weighted by molar-refractivity contribution is -0.120. The molecule has 0 unspecified atom stereocenters. The van der Waals surface area contributed by atoms with E-state index in [1.54, 1.807) is 12.1 Å². The zero-order valence-electron chi connectivity index (χ0n) is 44.9. The zero-order valence-corrected chi connectivity index (χ0v) is 48.1. The molecule has 5 aromatic rings. The molecule has 4 heterocycles. The predicted octanol–water partition coefficient (Wildman–Crippen LogP) is 9.30. The standard InChI is InChI=1S/C57H64ClF4N9O7S3/c1-56(2)21-18-48(39-8-12-43(58)13-9-39)41(33-56)36-69-28-30-70(31-29-69)45-14-10-40(11-15-45)54(73)66-81(77,78)47-16-17-49(51(32-47)80(75,76)57(60,61)62)64-44(38-79-46-6-4-3-5-7-46)19-22-67-24-26-68(27-25-67)37-42-34-63-35-50(53(42)59)71-23-20-52(72)65-55(71)74/h3-17,32,34-35,44,64H,18-31,33,36-38H2,1-2H3,(H,66,73)(H,65,72,74)/t44-/m1/s1. The molecule has 4 amide bonds. The minimum atomic E-state index is -6.16. The number of thioether (sulfide) groups is 1. The number of sulfonamides is 1. The molecule has 3 aliphatic heterocycles. The largest absolute Gasteiger partial charge is 0.501 e.